The first-order chi connectivity index (χ1) is 6.59. The Labute approximate surface area is 95.7 Å². The van der Waals surface area contributed by atoms with Crippen LogP contribution < -0.4 is 11.1 Å². The number of nitrogens with two attached hydrogens (primary N) is 1. The number of anilines is 1. The van der Waals surface area contributed by atoms with Crippen LogP contribution in [0.5, 0.6) is 0 Å². The average Bonchev–Trinajstić information content (AvgIpc) is 2.15. The molecule has 0 aliphatic carbocycles. The van der Waals surface area contributed by atoms with Crippen LogP contribution in [0.4, 0.5) is 5.69 Å². The van der Waals surface area contributed by atoms with Crippen LogP contribution >= 0.6 is 12.4 Å². The van der Waals surface area contributed by atoms with Gasteiger partial charge in [0.25, 0.3) is 0 Å². The van der Waals surface area contributed by atoms with Crippen molar-refractivity contribution < 1.29 is 13.6 Å². The number of carbonyl (C=O) groups is 1. The average molecular weight is 250 g/mol. The predicted molar refractivity (Wildman–Crippen MR) is 59.6 cm³/mol. The van der Waals surface area contributed by atoms with Crippen LogP contribution in [0.15, 0.2) is 24.3 Å². The van der Waals surface area contributed by atoms with Crippen LogP contribution in [0.25, 0.3) is 0 Å². The third-order valence-corrected chi connectivity index (χ3v) is 1.92. The van der Waals surface area contributed by atoms with Gasteiger partial charge in [0.2, 0.25) is 5.91 Å². The van der Waals surface area contributed by atoms with E-state index in [-0.39, 0.29) is 18.3 Å². The molecular weight excluding hydrogens is 240 g/mol. The Hall–Kier alpha value is -1.11. The number of hydrogen-bond donors (Lipinski definition) is 2. The zero-order valence-electron chi connectivity index (χ0n) is 7.64. The van der Waals surface area contributed by atoms with Gasteiger partial charge >= 0.3 is 0 Å². The van der Waals surface area contributed by atoms with Gasteiger partial charge in [-0.3, -0.25) is 9.00 Å². The summed E-state index contributed by atoms with van der Waals surface area (Å²) in [7, 11) is 0. The van der Waals surface area contributed by atoms with Gasteiger partial charge in [0.05, 0.1) is 5.88 Å². The molecule has 1 aromatic carbocycles. The summed E-state index contributed by atoms with van der Waals surface area (Å²) in [6, 6.07) is 6.33. The molecule has 1 atom stereocenters. The van der Waals surface area contributed by atoms with Crippen molar-refractivity contribution in [3.8, 4) is 0 Å². The molecule has 5 nitrogen and oxygen atoms in total. The van der Waals surface area contributed by atoms with Gasteiger partial charge in [0.15, 0.2) is 0 Å². The van der Waals surface area contributed by atoms with Gasteiger partial charge < -0.3 is 15.6 Å². The normalized spacial score (nSPS) is 11.3. The number of amides is 1. The van der Waals surface area contributed by atoms with E-state index in [9.17, 15) is 13.6 Å². The van der Waals surface area contributed by atoms with Gasteiger partial charge in [-0.05, 0) is 29.3 Å². The Morgan fingerprint density at radius 1 is 1.53 bits per heavy atom. The number of carbonyl (C=O) groups excluding carboxylic acids is 1. The summed E-state index contributed by atoms with van der Waals surface area (Å²) in [5, 5.41) is 2.62. The fourth-order valence-corrected chi connectivity index (χ4v) is 1.21. The largest absolute Gasteiger partial charge is 0.771 e. The zero-order chi connectivity index (χ0) is 10.6. The molecule has 1 amide bonds. The molecule has 0 bridgehead atoms. The van der Waals surface area contributed by atoms with E-state index in [2.05, 4.69) is 5.32 Å². The van der Waals surface area contributed by atoms with Crippen molar-refractivity contribution in [2.45, 2.75) is 0 Å². The van der Waals surface area contributed by atoms with E-state index in [0.717, 1.165) is 0 Å². The smallest absolute Gasteiger partial charge is 0.248 e. The first-order valence-electron chi connectivity index (χ1n) is 3.79. The van der Waals surface area contributed by atoms with E-state index in [0.29, 0.717) is 11.3 Å². The van der Waals surface area contributed by atoms with Crippen LogP contribution in [0.1, 0.15) is 10.4 Å². The number of hydrogen-bond acceptors (Lipinski definition) is 4. The summed E-state index contributed by atoms with van der Waals surface area (Å²) in [6.45, 7) is 0. The molecule has 84 valence electrons. The monoisotopic (exact) mass is 249 g/mol. The summed E-state index contributed by atoms with van der Waals surface area (Å²) in [4.78, 5) is 10.8. The number of primary amides is 1. The molecule has 3 N–H and O–H groups in total. The molecule has 0 radical (unpaired) electrons. The fraction of sp³-hybridized carbons (Fsp3) is 0.125. The maximum atomic E-state index is 10.8. The summed E-state index contributed by atoms with van der Waals surface area (Å²) in [5.41, 5.74) is 5.94. The first kappa shape index (κ1) is 13.9. The summed E-state index contributed by atoms with van der Waals surface area (Å²) in [6.07, 6.45) is 0. The molecular formula is C8H10ClN2O3S-. The van der Waals surface area contributed by atoms with Gasteiger partial charge in [-0.1, -0.05) is 6.07 Å². The number of benzene rings is 1. The molecule has 0 aliphatic heterocycles. The highest BCUT2D eigenvalue weighted by Gasteiger charge is 2.00. The molecule has 1 rings (SSSR count). The SMILES string of the molecule is Cl.NC(=O)c1cccc(NCS(=O)[O-])c1. The van der Waals surface area contributed by atoms with Crippen molar-refractivity contribution in [1.82, 2.24) is 0 Å². The van der Waals surface area contributed by atoms with Crippen LogP contribution in [-0.4, -0.2) is 20.5 Å². The summed E-state index contributed by atoms with van der Waals surface area (Å²) < 4.78 is 20.5. The Morgan fingerprint density at radius 3 is 2.73 bits per heavy atom. The van der Waals surface area contributed by atoms with Crippen molar-refractivity contribution in [3.05, 3.63) is 29.8 Å². The van der Waals surface area contributed by atoms with Crippen LogP contribution in [0, 0.1) is 0 Å². The molecule has 0 aromatic heterocycles. The highest BCUT2D eigenvalue weighted by Crippen LogP contribution is 2.09. The van der Waals surface area contributed by atoms with Gasteiger partial charge in [-0.25, -0.2) is 0 Å². The van der Waals surface area contributed by atoms with E-state index >= 15 is 0 Å². The molecule has 0 heterocycles. The second kappa shape index (κ2) is 6.39. The van der Waals surface area contributed by atoms with Gasteiger partial charge in [-0.15, -0.1) is 12.4 Å². The maximum Gasteiger partial charge on any atom is 0.248 e. The summed E-state index contributed by atoms with van der Waals surface area (Å²) in [5.74, 6) is -0.737. The van der Waals surface area contributed by atoms with Crippen molar-refractivity contribution >= 4 is 35.1 Å². The number of halogens is 1. The minimum absolute atomic E-state index is 0. The molecule has 0 saturated heterocycles. The van der Waals surface area contributed by atoms with Crippen molar-refractivity contribution in [2.75, 3.05) is 11.2 Å². The second-order valence-corrected chi connectivity index (χ2v) is 3.47. The Kier molecular flexibility index (Phi) is 5.92. The molecule has 1 aromatic rings. The lowest BCUT2D eigenvalue weighted by Crippen LogP contribution is -2.12. The van der Waals surface area contributed by atoms with E-state index in [1.165, 1.54) is 6.07 Å². The third kappa shape index (κ3) is 4.78. The minimum Gasteiger partial charge on any atom is -0.771 e. The number of nitrogens with one attached hydrogen (secondary N) is 1. The van der Waals surface area contributed by atoms with Crippen LogP contribution in [0.2, 0.25) is 0 Å². The molecule has 7 heteroatoms. The van der Waals surface area contributed by atoms with Crippen molar-refractivity contribution in [1.29, 1.82) is 0 Å². The summed E-state index contributed by atoms with van der Waals surface area (Å²) >= 11 is -2.16. The third-order valence-electron chi connectivity index (χ3n) is 1.54. The predicted octanol–water partition coefficient (Wildman–Crippen LogP) is 0.456. The first-order valence-corrected chi connectivity index (χ1v) is 5.03. The Morgan fingerprint density at radius 2 is 2.20 bits per heavy atom. The standard InChI is InChI=1S/C8H10N2O3S.ClH/c9-8(11)6-2-1-3-7(4-6)10-5-14(12)13;/h1-4,10H,5H2,(H2,9,11)(H,12,13);1H/p-1. The zero-order valence-corrected chi connectivity index (χ0v) is 9.27. The molecule has 0 spiro atoms. The van der Waals surface area contributed by atoms with E-state index in [4.69, 9.17) is 5.73 Å². The quantitative estimate of drug-likeness (QED) is 0.758. The molecule has 1 unspecified atom stereocenters. The van der Waals surface area contributed by atoms with Crippen molar-refractivity contribution in [2.24, 2.45) is 5.73 Å². The lowest BCUT2D eigenvalue weighted by Gasteiger charge is -2.08. The Bertz CT molecular complexity index is 373. The Balaban J connectivity index is 0.00000196. The lowest BCUT2D eigenvalue weighted by molar-refractivity contribution is 0.100. The number of rotatable bonds is 4. The second-order valence-electron chi connectivity index (χ2n) is 2.57. The highest BCUT2D eigenvalue weighted by molar-refractivity contribution is 7.79. The molecule has 0 fully saturated rings. The van der Waals surface area contributed by atoms with E-state index in [1.54, 1.807) is 18.2 Å². The minimum atomic E-state index is -2.16. The van der Waals surface area contributed by atoms with Crippen molar-refractivity contribution in [3.63, 3.8) is 0 Å². The van der Waals surface area contributed by atoms with Gasteiger partial charge in [-0.2, -0.15) is 0 Å². The highest BCUT2D eigenvalue weighted by atomic mass is 35.5. The molecule has 0 saturated carbocycles. The fourth-order valence-electron chi connectivity index (χ4n) is 0.925. The lowest BCUT2D eigenvalue weighted by atomic mass is 10.2. The van der Waals surface area contributed by atoms with Gasteiger partial charge in [0.1, 0.15) is 0 Å². The van der Waals surface area contributed by atoms with Gasteiger partial charge in [0, 0.05) is 11.3 Å². The van der Waals surface area contributed by atoms with Crippen LogP contribution in [-0.2, 0) is 11.1 Å². The van der Waals surface area contributed by atoms with Crippen LogP contribution in [0.3, 0.4) is 0 Å². The van der Waals surface area contributed by atoms with E-state index in [1.807, 2.05) is 0 Å². The van der Waals surface area contributed by atoms with E-state index < -0.39 is 17.0 Å². The maximum absolute atomic E-state index is 10.8. The molecule has 15 heavy (non-hydrogen) atoms. The topological polar surface area (TPSA) is 95.2 Å². The molecule has 0 aliphatic rings.